The quantitative estimate of drug-likeness (QED) is 0.517. The molecule has 2 aromatic rings. The van der Waals surface area contributed by atoms with E-state index in [1.54, 1.807) is 25.1 Å². The number of rotatable bonds is 5. The van der Waals surface area contributed by atoms with Gasteiger partial charge in [-0.1, -0.05) is 6.92 Å². The molecule has 0 amide bonds. The highest BCUT2D eigenvalue weighted by Crippen LogP contribution is 2.35. The maximum absolute atomic E-state index is 11.1. The fraction of sp³-hybridized carbons (Fsp3) is 0.231. The van der Waals surface area contributed by atoms with E-state index in [1.807, 2.05) is 0 Å². The summed E-state index contributed by atoms with van der Waals surface area (Å²) in [4.78, 5) is 26.4. The van der Waals surface area contributed by atoms with Crippen LogP contribution in [0.5, 0.6) is 0 Å². The fourth-order valence-corrected chi connectivity index (χ4v) is 2.84. The zero-order chi connectivity index (χ0) is 14.7. The summed E-state index contributed by atoms with van der Waals surface area (Å²) in [7, 11) is 0. The van der Waals surface area contributed by atoms with Crippen LogP contribution in [0.25, 0.3) is 10.9 Å². The average molecular weight is 292 g/mol. The number of aromatic nitrogens is 1. The minimum absolute atomic E-state index is 0.0270. The maximum atomic E-state index is 11.1. The standard InChI is InChI=1S/C13H12N2O4S/c1-2-10(13(16)17)20-11-6-5-9(15(18)19)8-4-3-7-14-12(8)11/h3-7,10H,2H2,1H3,(H,16,17). The molecule has 1 N–H and O–H groups in total. The number of aliphatic carboxylic acids is 1. The monoisotopic (exact) mass is 292 g/mol. The first kappa shape index (κ1) is 14.3. The van der Waals surface area contributed by atoms with E-state index in [-0.39, 0.29) is 5.69 Å². The Morgan fingerprint density at radius 2 is 2.25 bits per heavy atom. The third-order valence-corrected chi connectivity index (χ3v) is 4.22. The van der Waals surface area contributed by atoms with E-state index in [9.17, 15) is 14.9 Å². The summed E-state index contributed by atoms with van der Waals surface area (Å²) in [5.41, 5.74) is 0.437. The third-order valence-electron chi connectivity index (χ3n) is 2.82. The van der Waals surface area contributed by atoms with Crippen LogP contribution in [0.15, 0.2) is 35.4 Å². The Morgan fingerprint density at radius 3 is 2.85 bits per heavy atom. The number of pyridine rings is 1. The van der Waals surface area contributed by atoms with Crippen LogP contribution >= 0.6 is 11.8 Å². The van der Waals surface area contributed by atoms with Gasteiger partial charge in [0.05, 0.1) is 15.8 Å². The molecule has 0 aliphatic heterocycles. The molecule has 6 nitrogen and oxygen atoms in total. The van der Waals surface area contributed by atoms with Gasteiger partial charge in [0.1, 0.15) is 5.25 Å². The molecule has 0 bridgehead atoms. The summed E-state index contributed by atoms with van der Waals surface area (Å²) >= 11 is 1.16. The Hall–Kier alpha value is -2.15. The molecular weight excluding hydrogens is 280 g/mol. The van der Waals surface area contributed by atoms with Crippen molar-refractivity contribution >= 4 is 34.3 Å². The van der Waals surface area contributed by atoms with E-state index in [2.05, 4.69) is 4.98 Å². The van der Waals surface area contributed by atoms with E-state index in [4.69, 9.17) is 5.11 Å². The lowest BCUT2D eigenvalue weighted by molar-refractivity contribution is -0.383. The van der Waals surface area contributed by atoms with Crippen LogP contribution in [0.1, 0.15) is 13.3 Å². The highest BCUT2D eigenvalue weighted by Gasteiger charge is 2.21. The molecule has 1 aromatic carbocycles. The summed E-state index contributed by atoms with van der Waals surface area (Å²) in [6.45, 7) is 1.78. The maximum Gasteiger partial charge on any atom is 0.316 e. The van der Waals surface area contributed by atoms with Gasteiger partial charge in [-0.05, 0) is 24.6 Å². The van der Waals surface area contributed by atoms with Gasteiger partial charge < -0.3 is 5.11 Å². The van der Waals surface area contributed by atoms with Crippen molar-refractivity contribution in [3.05, 3.63) is 40.6 Å². The second-order valence-corrected chi connectivity index (χ2v) is 5.34. The van der Waals surface area contributed by atoms with Gasteiger partial charge in [0.2, 0.25) is 0 Å². The highest BCUT2D eigenvalue weighted by atomic mass is 32.2. The summed E-state index contributed by atoms with van der Waals surface area (Å²) < 4.78 is 0. The summed E-state index contributed by atoms with van der Waals surface area (Å²) in [5, 5.41) is 19.9. The molecule has 0 spiro atoms. The molecule has 20 heavy (non-hydrogen) atoms. The predicted molar refractivity (Wildman–Crippen MR) is 76.0 cm³/mol. The van der Waals surface area contributed by atoms with Gasteiger partial charge in [0.25, 0.3) is 5.69 Å². The molecule has 104 valence electrons. The molecule has 0 aliphatic carbocycles. The largest absolute Gasteiger partial charge is 0.480 e. The number of hydrogen-bond acceptors (Lipinski definition) is 5. The highest BCUT2D eigenvalue weighted by molar-refractivity contribution is 8.00. The van der Waals surface area contributed by atoms with E-state index in [0.29, 0.717) is 22.2 Å². The molecular formula is C13H12N2O4S. The van der Waals surface area contributed by atoms with Crippen LogP contribution in [-0.4, -0.2) is 26.2 Å². The normalized spacial score (nSPS) is 12.2. The van der Waals surface area contributed by atoms with Crippen molar-refractivity contribution in [3.8, 4) is 0 Å². The molecule has 0 saturated heterocycles. The van der Waals surface area contributed by atoms with Gasteiger partial charge in [0.15, 0.2) is 0 Å². The molecule has 1 heterocycles. The number of non-ortho nitro benzene ring substituents is 1. The second-order valence-electron chi connectivity index (χ2n) is 4.09. The molecule has 0 radical (unpaired) electrons. The number of carbonyl (C=O) groups is 1. The van der Waals surface area contributed by atoms with E-state index in [0.717, 1.165) is 11.8 Å². The number of nitro groups is 1. The lowest BCUT2D eigenvalue weighted by Gasteiger charge is -2.11. The molecule has 7 heteroatoms. The number of carboxylic acids is 1. The van der Waals surface area contributed by atoms with Crippen molar-refractivity contribution < 1.29 is 14.8 Å². The van der Waals surface area contributed by atoms with Crippen LogP contribution in [0.2, 0.25) is 0 Å². The fourth-order valence-electron chi connectivity index (χ4n) is 1.85. The van der Waals surface area contributed by atoms with Crippen molar-refractivity contribution in [2.24, 2.45) is 0 Å². The van der Waals surface area contributed by atoms with Crippen LogP contribution in [0, 0.1) is 10.1 Å². The smallest absolute Gasteiger partial charge is 0.316 e. The summed E-state index contributed by atoms with van der Waals surface area (Å²) in [5.74, 6) is -0.903. The van der Waals surface area contributed by atoms with Crippen molar-refractivity contribution in [1.29, 1.82) is 0 Å². The first-order valence-corrected chi connectivity index (χ1v) is 6.84. The van der Waals surface area contributed by atoms with Crippen molar-refractivity contribution in [2.75, 3.05) is 0 Å². The van der Waals surface area contributed by atoms with Crippen LogP contribution in [0.3, 0.4) is 0 Å². The zero-order valence-corrected chi connectivity index (χ0v) is 11.5. The van der Waals surface area contributed by atoms with E-state index >= 15 is 0 Å². The Balaban J connectivity index is 2.53. The minimum Gasteiger partial charge on any atom is -0.480 e. The van der Waals surface area contributed by atoms with Gasteiger partial charge >= 0.3 is 5.97 Å². The van der Waals surface area contributed by atoms with Crippen molar-refractivity contribution in [2.45, 2.75) is 23.5 Å². The molecule has 1 unspecified atom stereocenters. The minimum atomic E-state index is -0.903. The molecule has 1 aromatic heterocycles. The van der Waals surface area contributed by atoms with Crippen molar-refractivity contribution in [3.63, 3.8) is 0 Å². The lowest BCUT2D eigenvalue weighted by Crippen LogP contribution is -2.14. The van der Waals surface area contributed by atoms with Gasteiger partial charge in [-0.3, -0.25) is 19.9 Å². The number of hydrogen-bond donors (Lipinski definition) is 1. The predicted octanol–water partition coefficient (Wildman–Crippen LogP) is 3.10. The average Bonchev–Trinajstić information content (AvgIpc) is 2.43. The molecule has 0 fully saturated rings. The summed E-state index contributed by atoms with van der Waals surface area (Å²) in [6, 6.07) is 6.19. The Morgan fingerprint density at radius 1 is 1.50 bits per heavy atom. The van der Waals surface area contributed by atoms with Gasteiger partial charge in [-0.25, -0.2) is 0 Å². The molecule has 0 aliphatic rings. The third kappa shape index (κ3) is 2.72. The second kappa shape index (κ2) is 5.87. The number of thioether (sulfide) groups is 1. The first-order chi connectivity index (χ1) is 9.54. The van der Waals surface area contributed by atoms with Crippen LogP contribution in [0.4, 0.5) is 5.69 Å². The number of benzene rings is 1. The number of nitro benzene ring substituents is 1. The Kier molecular flexibility index (Phi) is 4.19. The Labute approximate surface area is 119 Å². The van der Waals surface area contributed by atoms with Crippen LogP contribution < -0.4 is 0 Å². The number of nitrogens with zero attached hydrogens (tertiary/aromatic N) is 2. The molecule has 0 saturated carbocycles. The number of carboxylic acid groups (broad SMARTS) is 1. The van der Waals surface area contributed by atoms with Crippen molar-refractivity contribution in [1.82, 2.24) is 4.98 Å². The number of fused-ring (bicyclic) bond motifs is 1. The SMILES string of the molecule is CCC(Sc1ccc([N+](=O)[O-])c2cccnc12)C(=O)O. The van der Waals surface area contributed by atoms with Crippen LogP contribution in [-0.2, 0) is 4.79 Å². The first-order valence-electron chi connectivity index (χ1n) is 5.96. The zero-order valence-electron chi connectivity index (χ0n) is 10.6. The molecule has 2 rings (SSSR count). The Bertz CT molecular complexity index is 674. The molecule has 1 atom stereocenters. The van der Waals surface area contributed by atoms with E-state index < -0.39 is 16.1 Å². The topological polar surface area (TPSA) is 93.3 Å². The summed E-state index contributed by atoms with van der Waals surface area (Å²) in [6.07, 6.45) is 2.00. The van der Waals surface area contributed by atoms with Gasteiger partial charge in [0, 0.05) is 17.2 Å². The van der Waals surface area contributed by atoms with Gasteiger partial charge in [-0.15, -0.1) is 11.8 Å². The van der Waals surface area contributed by atoms with Gasteiger partial charge in [-0.2, -0.15) is 0 Å². The van der Waals surface area contributed by atoms with E-state index in [1.165, 1.54) is 12.3 Å². The lowest BCUT2D eigenvalue weighted by atomic mass is 10.2.